The normalized spacial score (nSPS) is 13.7. The zero-order valence-electron chi connectivity index (χ0n) is 14.9. The largest absolute Gasteiger partial charge is 0.385 e. The van der Waals surface area contributed by atoms with E-state index in [9.17, 15) is 5.11 Å². The Balaban J connectivity index is 1.45. The van der Waals surface area contributed by atoms with Gasteiger partial charge in [-0.2, -0.15) is 0 Å². The topological polar surface area (TPSA) is 46.1 Å². The third kappa shape index (κ3) is 5.05. The van der Waals surface area contributed by atoms with Gasteiger partial charge in [-0.3, -0.25) is 0 Å². The maximum absolute atomic E-state index is 10.2. The summed E-state index contributed by atoms with van der Waals surface area (Å²) >= 11 is 6.10. The monoisotopic (exact) mass is 370 g/mol. The number of hydrogen-bond donors (Lipinski definition) is 2. The molecule has 0 radical (unpaired) electrons. The van der Waals surface area contributed by atoms with Crippen molar-refractivity contribution in [3.8, 4) is 0 Å². The van der Waals surface area contributed by atoms with E-state index < -0.39 is 6.10 Å². The number of hydrogen-bond acceptors (Lipinski definition) is 2. The van der Waals surface area contributed by atoms with Crippen LogP contribution in [0.2, 0.25) is 5.02 Å². The van der Waals surface area contributed by atoms with Gasteiger partial charge in [-0.1, -0.05) is 66.2 Å². The van der Waals surface area contributed by atoms with Gasteiger partial charge in [-0.15, -0.1) is 0 Å². The van der Waals surface area contributed by atoms with Crippen LogP contribution >= 0.6 is 11.6 Å². The summed E-state index contributed by atoms with van der Waals surface area (Å²) in [5.41, 5.74) is 2.20. The number of fused-ring (bicyclic) bond motifs is 1. The highest BCUT2D eigenvalue weighted by Gasteiger charge is 2.13. The van der Waals surface area contributed by atoms with Crippen LogP contribution in [0.15, 0.2) is 66.7 Å². The molecule has 26 heavy (non-hydrogen) atoms. The van der Waals surface area contributed by atoms with Crippen LogP contribution in [0.3, 0.4) is 0 Å². The zero-order chi connectivity index (χ0) is 18.4. The molecule has 3 nitrogen and oxygen atoms in total. The summed E-state index contributed by atoms with van der Waals surface area (Å²) in [6, 6.07) is 22.8. The van der Waals surface area contributed by atoms with Gasteiger partial charge in [0.05, 0.1) is 13.2 Å². The minimum atomic E-state index is -0.514. The molecule has 3 rings (SSSR count). The first kappa shape index (κ1) is 18.9. The number of rotatable bonds is 8. The maximum atomic E-state index is 10.2. The Morgan fingerprint density at radius 3 is 2.54 bits per heavy atom. The first-order valence-electron chi connectivity index (χ1n) is 8.94. The predicted molar refractivity (Wildman–Crippen MR) is 106 cm³/mol. The first-order chi connectivity index (χ1) is 12.6. The molecule has 0 aliphatic carbocycles. The van der Waals surface area contributed by atoms with E-state index in [-0.39, 0.29) is 6.04 Å². The molecule has 3 N–H and O–H groups in total. The van der Waals surface area contributed by atoms with Gasteiger partial charge < -0.3 is 15.2 Å². The number of quaternary nitrogens is 1. The van der Waals surface area contributed by atoms with E-state index in [4.69, 9.17) is 16.3 Å². The summed E-state index contributed by atoms with van der Waals surface area (Å²) in [6.07, 6.45) is -0.514. The third-order valence-electron chi connectivity index (χ3n) is 4.59. The summed E-state index contributed by atoms with van der Waals surface area (Å²) in [5, 5.41) is 15.5. The van der Waals surface area contributed by atoms with Crippen LogP contribution in [0, 0.1) is 0 Å². The molecule has 0 spiro atoms. The number of aliphatic hydroxyl groups excluding tert-OH is 1. The van der Waals surface area contributed by atoms with Crippen molar-refractivity contribution >= 4 is 22.4 Å². The SMILES string of the molecule is C[C@@H]([NH2+]C[C@H](O)COCc1ccccc1Cl)c1ccc2ccccc2c1. The van der Waals surface area contributed by atoms with Gasteiger partial charge in [0, 0.05) is 10.6 Å². The standard InChI is InChI=1S/C22H24ClNO2/c1-16(18-11-10-17-6-2-3-7-19(17)12-18)24-13-21(25)15-26-14-20-8-4-5-9-22(20)23/h2-12,16,21,24-25H,13-15H2,1H3/p+1/t16-,21+/m1/s1. The molecule has 0 fully saturated rings. The molecule has 0 saturated heterocycles. The van der Waals surface area contributed by atoms with Crippen LogP contribution in [0.25, 0.3) is 10.8 Å². The number of benzene rings is 3. The molecule has 0 unspecified atom stereocenters. The molecular formula is C22H25ClNO2+. The van der Waals surface area contributed by atoms with Gasteiger partial charge in [0.2, 0.25) is 0 Å². The molecule has 0 heterocycles. The van der Waals surface area contributed by atoms with E-state index in [2.05, 4.69) is 54.7 Å². The Morgan fingerprint density at radius 1 is 1.00 bits per heavy atom. The molecule has 0 bridgehead atoms. The first-order valence-corrected chi connectivity index (χ1v) is 9.32. The summed E-state index contributed by atoms with van der Waals surface area (Å²) in [7, 11) is 0. The van der Waals surface area contributed by atoms with E-state index in [1.54, 1.807) is 0 Å². The second-order valence-electron chi connectivity index (χ2n) is 6.63. The van der Waals surface area contributed by atoms with E-state index in [0.29, 0.717) is 24.8 Å². The lowest BCUT2D eigenvalue weighted by Crippen LogP contribution is -2.87. The number of nitrogens with two attached hydrogens (primary N) is 1. The highest BCUT2D eigenvalue weighted by molar-refractivity contribution is 6.31. The van der Waals surface area contributed by atoms with Crippen LogP contribution in [0.5, 0.6) is 0 Å². The Kier molecular flexibility index (Phi) is 6.64. The average molecular weight is 371 g/mol. The molecule has 3 aromatic rings. The summed E-state index contributed by atoms with van der Waals surface area (Å²) in [6.45, 7) is 3.46. The van der Waals surface area contributed by atoms with Crippen molar-refractivity contribution in [1.82, 2.24) is 0 Å². The van der Waals surface area contributed by atoms with Crippen LogP contribution in [0.1, 0.15) is 24.1 Å². The van der Waals surface area contributed by atoms with Gasteiger partial charge in [-0.05, 0) is 35.4 Å². The fraction of sp³-hybridized carbons (Fsp3) is 0.273. The van der Waals surface area contributed by atoms with Crippen molar-refractivity contribution in [3.05, 3.63) is 82.9 Å². The quantitative estimate of drug-likeness (QED) is 0.635. The molecule has 3 aromatic carbocycles. The van der Waals surface area contributed by atoms with Crippen LogP contribution in [0.4, 0.5) is 0 Å². The van der Waals surface area contributed by atoms with Crippen molar-refractivity contribution in [2.45, 2.75) is 25.7 Å². The number of aliphatic hydroxyl groups is 1. The maximum Gasteiger partial charge on any atom is 0.126 e. The molecule has 0 saturated carbocycles. The van der Waals surface area contributed by atoms with Crippen molar-refractivity contribution in [3.63, 3.8) is 0 Å². The second kappa shape index (κ2) is 9.15. The van der Waals surface area contributed by atoms with Crippen molar-refractivity contribution in [2.75, 3.05) is 13.2 Å². The molecule has 0 aliphatic heterocycles. The molecule has 0 amide bonds. The van der Waals surface area contributed by atoms with E-state index in [0.717, 1.165) is 5.56 Å². The highest BCUT2D eigenvalue weighted by atomic mass is 35.5. The van der Waals surface area contributed by atoms with Crippen molar-refractivity contribution in [1.29, 1.82) is 0 Å². The molecule has 4 heteroatoms. The predicted octanol–water partition coefficient (Wildman–Crippen LogP) is 3.70. The number of ether oxygens (including phenoxy) is 1. The average Bonchev–Trinajstić information content (AvgIpc) is 2.67. The molecule has 2 atom stereocenters. The van der Waals surface area contributed by atoms with Gasteiger partial charge >= 0.3 is 0 Å². The van der Waals surface area contributed by atoms with Crippen LogP contribution < -0.4 is 5.32 Å². The lowest BCUT2D eigenvalue weighted by Gasteiger charge is -2.15. The van der Waals surface area contributed by atoms with Gasteiger partial charge in [-0.25, -0.2) is 0 Å². The van der Waals surface area contributed by atoms with Crippen LogP contribution in [-0.4, -0.2) is 24.4 Å². The summed E-state index contributed by atoms with van der Waals surface area (Å²) in [5.74, 6) is 0. The summed E-state index contributed by atoms with van der Waals surface area (Å²) < 4.78 is 5.60. The smallest absolute Gasteiger partial charge is 0.126 e. The Hall–Kier alpha value is -1.91. The minimum Gasteiger partial charge on any atom is -0.385 e. The van der Waals surface area contributed by atoms with Gasteiger partial charge in [0.1, 0.15) is 18.7 Å². The van der Waals surface area contributed by atoms with Gasteiger partial charge in [0.15, 0.2) is 0 Å². The van der Waals surface area contributed by atoms with Crippen molar-refractivity contribution < 1.29 is 15.2 Å². The molecule has 136 valence electrons. The second-order valence-corrected chi connectivity index (χ2v) is 7.03. The van der Waals surface area contributed by atoms with Crippen LogP contribution in [-0.2, 0) is 11.3 Å². The third-order valence-corrected chi connectivity index (χ3v) is 4.96. The fourth-order valence-electron chi connectivity index (χ4n) is 2.98. The molecule has 0 aromatic heterocycles. The molecule has 0 aliphatic rings. The van der Waals surface area contributed by atoms with E-state index in [1.165, 1.54) is 16.3 Å². The highest BCUT2D eigenvalue weighted by Crippen LogP contribution is 2.18. The lowest BCUT2D eigenvalue weighted by molar-refractivity contribution is -0.698. The van der Waals surface area contributed by atoms with Crippen molar-refractivity contribution in [2.24, 2.45) is 0 Å². The minimum absolute atomic E-state index is 0.276. The van der Waals surface area contributed by atoms with E-state index in [1.807, 2.05) is 24.3 Å². The van der Waals surface area contributed by atoms with Gasteiger partial charge in [0.25, 0.3) is 0 Å². The Labute approximate surface area is 159 Å². The Bertz CT molecular complexity index is 852. The summed E-state index contributed by atoms with van der Waals surface area (Å²) in [4.78, 5) is 0. The van der Waals surface area contributed by atoms with E-state index >= 15 is 0 Å². The zero-order valence-corrected chi connectivity index (χ0v) is 15.7. The number of halogens is 1. The fourth-order valence-corrected chi connectivity index (χ4v) is 3.17. The Morgan fingerprint density at radius 2 is 1.73 bits per heavy atom. The lowest BCUT2D eigenvalue weighted by atomic mass is 10.0. The molecular weight excluding hydrogens is 346 g/mol.